The highest BCUT2D eigenvalue weighted by Crippen LogP contribution is 2.36. The molecule has 0 radical (unpaired) electrons. The Hall–Kier alpha value is -4.07. The zero-order valence-electron chi connectivity index (χ0n) is 16.7. The van der Waals surface area contributed by atoms with E-state index in [4.69, 9.17) is 9.47 Å². The van der Waals surface area contributed by atoms with E-state index in [0.29, 0.717) is 22.6 Å². The van der Waals surface area contributed by atoms with E-state index in [0.717, 1.165) is 27.8 Å². The number of benzene rings is 2. The average molecular weight is 417 g/mol. The number of ether oxygens (including phenoxy) is 2. The van der Waals surface area contributed by atoms with Crippen LogP contribution in [0.25, 0.3) is 11.6 Å². The van der Waals surface area contributed by atoms with Crippen molar-refractivity contribution in [2.75, 3.05) is 6.79 Å². The van der Waals surface area contributed by atoms with Gasteiger partial charge in [-0.05, 0) is 35.8 Å². The first kappa shape index (κ1) is 18.9. The van der Waals surface area contributed by atoms with Gasteiger partial charge < -0.3 is 14.6 Å². The molecule has 2 aromatic carbocycles. The number of nitrogens with zero attached hydrogens (tertiary/aromatic N) is 2. The Labute approximate surface area is 176 Å². The minimum atomic E-state index is -0.698. The highest BCUT2D eigenvalue weighted by atomic mass is 16.7. The summed E-state index contributed by atoms with van der Waals surface area (Å²) in [6.45, 7) is 2.25. The Kier molecular flexibility index (Phi) is 4.47. The SMILES string of the molecule is CCc1cccc2c1N=CC2=Cc1c(O)n(Cc2ccc3c(c2)OCO3)c(=O)[nH]c1=O. The summed E-state index contributed by atoms with van der Waals surface area (Å²) in [4.78, 5) is 31.7. The maximum Gasteiger partial charge on any atom is 0.331 e. The molecule has 31 heavy (non-hydrogen) atoms. The van der Waals surface area contributed by atoms with Gasteiger partial charge in [-0.25, -0.2) is 4.79 Å². The molecule has 1 aromatic heterocycles. The molecular formula is C23H19N3O5. The van der Waals surface area contributed by atoms with E-state index in [1.807, 2.05) is 18.2 Å². The lowest BCUT2D eigenvalue weighted by Crippen LogP contribution is -2.31. The largest absolute Gasteiger partial charge is 0.494 e. The lowest BCUT2D eigenvalue weighted by molar-refractivity contribution is 0.174. The van der Waals surface area contributed by atoms with Crippen LogP contribution >= 0.6 is 0 Å². The molecule has 2 aliphatic rings. The van der Waals surface area contributed by atoms with Crippen molar-refractivity contribution in [1.29, 1.82) is 0 Å². The molecule has 8 heteroatoms. The van der Waals surface area contributed by atoms with Gasteiger partial charge in [-0.2, -0.15) is 0 Å². The number of allylic oxidation sites excluding steroid dienone is 1. The molecule has 0 spiro atoms. The molecule has 2 N–H and O–H groups in total. The highest BCUT2D eigenvalue weighted by Gasteiger charge is 2.19. The number of aliphatic imine (C=N–C) groups is 1. The third-order valence-corrected chi connectivity index (χ3v) is 5.43. The Morgan fingerprint density at radius 1 is 1.19 bits per heavy atom. The molecule has 2 aliphatic heterocycles. The van der Waals surface area contributed by atoms with Crippen LogP contribution in [0, 0.1) is 0 Å². The van der Waals surface area contributed by atoms with Crippen molar-refractivity contribution < 1.29 is 14.6 Å². The molecule has 0 atom stereocenters. The lowest BCUT2D eigenvalue weighted by Gasteiger charge is -2.11. The molecule has 156 valence electrons. The van der Waals surface area contributed by atoms with Crippen molar-refractivity contribution in [3.63, 3.8) is 0 Å². The average Bonchev–Trinajstić information content (AvgIpc) is 3.40. The van der Waals surface area contributed by atoms with Crippen molar-refractivity contribution in [1.82, 2.24) is 9.55 Å². The Morgan fingerprint density at radius 3 is 2.87 bits per heavy atom. The van der Waals surface area contributed by atoms with E-state index in [2.05, 4.69) is 16.9 Å². The summed E-state index contributed by atoms with van der Waals surface area (Å²) >= 11 is 0. The molecule has 0 saturated heterocycles. The summed E-state index contributed by atoms with van der Waals surface area (Å²) in [5.41, 5.74) is 2.89. The van der Waals surface area contributed by atoms with Gasteiger partial charge in [0.25, 0.3) is 5.56 Å². The van der Waals surface area contributed by atoms with Crippen LogP contribution in [0.15, 0.2) is 51.0 Å². The fourth-order valence-corrected chi connectivity index (χ4v) is 3.81. The molecular weight excluding hydrogens is 398 g/mol. The molecule has 0 fully saturated rings. The van der Waals surface area contributed by atoms with Gasteiger partial charge >= 0.3 is 5.69 Å². The number of aryl methyl sites for hydroxylation is 1. The maximum atomic E-state index is 12.5. The molecule has 0 saturated carbocycles. The second-order valence-corrected chi connectivity index (χ2v) is 7.30. The number of fused-ring (bicyclic) bond motifs is 2. The lowest BCUT2D eigenvalue weighted by atomic mass is 10.0. The van der Waals surface area contributed by atoms with Crippen LogP contribution in [0.3, 0.4) is 0 Å². The van der Waals surface area contributed by atoms with Gasteiger partial charge in [-0.1, -0.05) is 31.2 Å². The predicted molar refractivity (Wildman–Crippen MR) is 116 cm³/mol. The van der Waals surface area contributed by atoms with Crippen LogP contribution < -0.4 is 20.7 Å². The molecule has 0 amide bonds. The van der Waals surface area contributed by atoms with Crippen LogP contribution in [0.4, 0.5) is 5.69 Å². The van der Waals surface area contributed by atoms with E-state index in [1.54, 1.807) is 30.5 Å². The van der Waals surface area contributed by atoms with Crippen LogP contribution in [-0.2, 0) is 13.0 Å². The van der Waals surface area contributed by atoms with E-state index in [9.17, 15) is 14.7 Å². The van der Waals surface area contributed by atoms with Gasteiger partial charge in [0.1, 0.15) is 5.56 Å². The van der Waals surface area contributed by atoms with E-state index in [1.165, 1.54) is 0 Å². The molecule has 3 aromatic rings. The number of aromatic amines is 1. The Morgan fingerprint density at radius 2 is 2.03 bits per heavy atom. The van der Waals surface area contributed by atoms with Gasteiger partial charge in [0.2, 0.25) is 12.7 Å². The first-order chi connectivity index (χ1) is 15.0. The standard InChI is InChI=1S/C23H19N3O5/c1-2-14-4-3-5-16-15(10-24-20(14)16)9-17-21(27)25-23(29)26(22(17)28)11-13-6-7-18-19(8-13)31-12-30-18/h3-10,28H,2,11-12H2,1H3,(H,25,27,29). The first-order valence-electron chi connectivity index (χ1n) is 9.87. The summed E-state index contributed by atoms with van der Waals surface area (Å²) < 4.78 is 11.8. The van der Waals surface area contributed by atoms with Crippen LogP contribution in [0.5, 0.6) is 17.4 Å². The normalized spacial score (nSPS) is 14.9. The van der Waals surface area contributed by atoms with E-state index < -0.39 is 17.1 Å². The number of hydrogen-bond donors (Lipinski definition) is 2. The smallest absolute Gasteiger partial charge is 0.331 e. The third kappa shape index (κ3) is 3.22. The number of para-hydroxylation sites is 1. The molecule has 5 rings (SSSR count). The zero-order chi connectivity index (χ0) is 21.5. The van der Waals surface area contributed by atoms with Gasteiger partial charge in [-0.15, -0.1) is 0 Å². The monoisotopic (exact) mass is 417 g/mol. The Balaban J connectivity index is 1.56. The molecule has 0 bridgehead atoms. The fraction of sp³-hybridized carbons (Fsp3) is 0.174. The van der Waals surface area contributed by atoms with Gasteiger partial charge in [0.05, 0.1) is 12.2 Å². The molecule has 0 unspecified atom stereocenters. The second kappa shape index (κ2) is 7.32. The molecule has 8 nitrogen and oxygen atoms in total. The van der Waals surface area contributed by atoms with Gasteiger partial charge in [0, 0.05) is 17.4 Å². The van der Waals surface area contributed by atoms with Crippen molar-refractivity contribution in [3.05, 3.63) is 79.5 Å². The summed E-state index contributed by atoms with van der Waals surface area (Å²) in [5.74, 6) is 0.785. The number of aromatic nitrogens is 2. The number of nitrogens with one attached hydrogen (secondary N) is 1. The topological polar surface area (TPSA) is 106 Å². The number of H-pyrrole nitrogens is 1. The van der Waals surface area contributed by atoms with Crippen molar-refractivity contribution in [2.45, 2.75) is 19.9 Å². The van der Waals surface area contributed by atoms with Crippen LogP contribution in [-0.4, -0.2) is 27.7 Å². The number of rotatable bonds is 4. The highest BCUT2D eigenvalue weighted by molar-refractivity contribution is 6.21. The Bertz CT molecular complexity index is 1380. The fourth-order valence-electron chi connectivity index (χ4n) is 3.81. The quantitative estimate of drug-likeness (QED) is 0.679. The summed E-state index contributed by atoms with van der Waals surface area (Å²) in [6.07, 6.45) is 4.05. The van der Waals surface area contributed by atoms with Crippen LogP contribution in [0.1, 0.15) is 29.2 Å². The zero-order valence-corrected chi connectivity index (χ0v) is 16.7. The van der Waals surface area contributed by atoms with Gasteiger partial charge in [-0.3, -0.25) is 19.3 Å². The van der Waals surface area contributed by atoms with Gasteiger partial charge in [0.15, 0.2) is 11.5 Å². The van der Waals surface area contributed by atoms with Crippen molar-refractivity contribution >= 4 is 23.6 Å². The third-order valence-electron chi connectivity index (χ3n) is 5.43. The first-order valence-corrected chi connectivity index (χ1v) is 9.87. The summed E-state index contributed by atoms with van der Waals surface area (Å²) in [6, 6.07) is 11.1. The van der Waals surface area contributed by atoms with Crippen molar-refractivity contribution in [3.8, 4) is 17.4 Å². The number of aromatic hydroxyl groups is 1. The second-order valence-electron chi connectivity index (χ2n) is 7.30. The molecule has 0 aliphatic carbocycles. The van der Waals surface area contributed by atoms with E-state index in [-0.39, 0.29) is 18.9 Å². The van der Waals surface area contributed by atoms with Crippen molar-refractivity contribution in [2.24, 2.45) is 4.99 Å². The minimum Gasteiger partial charge on any atom is -0.494 e. The van der Waals surface area contributed by atoms with E-state index >= 15 is 0 Å². The number of hydrogen-bond acceptors (Lipinski definition) is 6. The summed E-state index contributed by atoms with van der Waals surface area (Å²) in [7, 11) is 0. The molecule has 3 heterocycles. The summed E-state index contributed by atoms with van der Waals surface area (Å²) in [5, 5.41) is 10.8. The minimum absolute atomic E-state index is 0.00320. The maximum absolute atomic E-state index is 12.5. The predicted octanol–water partition coefficient (Wildman–Crippen LogP) is 2.84. The van der Waals surface area contributed by atoms with Crippen LogP contribution in [0.2, 0.25) is 0 Å².